The Morgan fingerprint density at radius 3 is 2.21 bits per heavy atom. The largest absolute Gasteiger partial charge is 0.447 e. The predicted molar refractivity (Wildman–Crippen MR) is 126 cm³/mol. The summed E-state index contributed by atoms with van der Waals surface area (Å²) < 4.78 is 14.9. The average molecular weight is 464 g/mol. The van der Waals surface area contributed by atoms with Crippen molar-refractivity contribution >= 4 is 17.9 Å². The smallest absolute Gasteiger partial charge is 0.407 e. The van der Waals surface area contributed by atoms with Gasteiger partial charge in [0.15, 0.2) is 0 Å². The average Bonchev–Trinajstić information content (AvgIpc) is 2.78. The van der Waals surface area contributed by atoms with Gasteiger partial charge in [0, 0.05) is 26.3 Å². The maximum atomic E-state index is 13.1. The minimum atomic E-state index is -0.831. The molecule has 184 valence electrons. The summed E-state index contributed by atoms with van der Waals surface area (Å²) in [4.78, 5) is 37.8. The van der Waals surface area contributed by atoms with Crippen molar-refractivity contribution in [2.24, 2.45) is 5.92 Å². The Morgan fingerprint density at radius 2 is 1.61 bits per heavy atom. The lowest BCUT2D eigenvalue weighted by atomic mass is 9.97. The molecule has 0 bridgehead atoms. The molecule has 9 heteroatoms. The predicted octanol–water partition coefficient (Wildman–Crippen LogP) is 1.82. The van der Waals surface area contributed by atoms with Crippen LogP contribution in [0.2, 0.25) is 0 Å². The van der Waals surface area contributed by atoms with Crippen LogP contribution in [0.3, 0.4) is 0 Å². The first-order chi connectivity index (χ1) is 15.8. The Morgan fingerprint density at radius 1 is 0.939 bits per heavy atom. The second-order valence-electron chi connectivity index (χ2n) is 7.98. The highest BCUT2D eigenvalue weighted by molar-refractivity contribution is 5.95. The van der Waals surface area contributed by atoms with Crippen LogP contribution in [0.4, 0.5) is 4.79 Å². The van der Waals surface area contributed by atoms with Crippen LogP contribution in [0, 0.1) is 5.92 Å². The molecule has 0 aliphatic heterocycles. The zero-order chi connectivity index (χ0) is 24.6. The van der Waals surface area contributed by atoms with Gasteiger partial charge in [-0.15, -0.1) is 0 Å². The fourth-order valence-corrected chi connectivity index (χ4v) is 3.03. The van der Waals surface area contributed by atoms with Gasteiger partial charge in [-0.05, 0) is 24.3 Å². The van der Waals surface area contributed by atoms with Crippen molar-refractivity contribution in [1.82, 2.24) is 16.0 Å². The van der Waals surface area contributed by atoms with Crippen LogP contribution in [0.25, 0.3) is 0 Å². The highest BCUT2D eigenvalue weighted by Gasteiger charge is 2.27. The summed E-state index contributed by atoms with van der Waals surface area (Å²) in [6.07, 6.45) is 0.0644. The van der Waals surface area contributed by atoms with Gasteiger partial charge in [0.2, 0.25) is 11.8 Å². The van der Waals surface area contributed by atoms with E-state index in [4.69, 9.17) is 14.2 Å². The van der Waals surface area contributed by atoms with E-state index in [2.05, 4.69) is 22.5 Å². The first kappa shape index (κ1) is 28.1. The molecule has 9 nitrogen and oxygen atoms in total. The van der Waals surface area contributed by atoms with Crippen molar-refractivity contribution in [2.75, 3.05) is 40.6 Å². The lowest BCUT2D eigenvalue weighted by Gasteiger charge is -2.25. The molecule has 1 rings (SSSR count). The normalized spacial score (nSPS) is 12.5. The van der Waals surface area contributed by atoms with Crippen LogP contribution in [0.1, 0.15) is 25.8 Å². The monoisotopic (exact) mass is 463 g/mol. The van der Waals surface area contributed by atoms with E-state index in [1.807, 2.05) is 44.2 Å². The number of hydrogen-bond acceptors (Lipinski definition) is 6. The summed E-state index contributed by atoms with van der Waals surface area (Å²) in [5.41, 5.74) is 1.15. The van der Waals surface area contributed by atoms with Crippen LogP contribution >= 0.6 is 0 Å². The second-order valence-corrected chi connectivity index (χ2v) is 7.98. The molecule has 0 radical (unpaired) electrons. The molecule has 33 heavy (non-hydrogen) atoms. The van der Waals surface area contributed by atoms with E-state index in [0.717, 1.165) is 5.56 Å². The van der Waals surface area contributed by atoms with E-state index in [1.54, 1.807) is 7.11 Å². The van der Waals surface area contributed by atoms with Gasteiger partial charge in [0.05, 0.1) is 19.3 Å². The fraction of sp³-hybridized carbons (Fsp3) is 0.542. The lowest BCUT2D eigenvalue weighted by molar-refractivity contribution is -0.124. The molecular formula is C24H37N3O6. The first-order valence-electron chi connectivity index (χ1n) is 11.0. The van der Waals surface area contributed by atoms with Crippen LogP contribution in [0.5, 0.6) is 0 Å². The van der Waals surface area contributed by atoms with E-state index in [1.165, 1.54) is 7.11 Å². The Balaban J connectivity index is 2.95. The molecule has 1 aromatic carbocycles. The molecule has 3 N–H and O–H groups in total. The summed E-state index contributed by atoms with van der Waals surface area (Å²) in [6, 6.07) is 7.98. The quantitative estimate of drug-likeness (QED) is 0.270. The number of nitrogens with one attached hydrogen (secondary N) is 3. The van der Waals surface area contributed by atoms with Gasteiger partial charge in [0.25, 0.3) is 0 Å². The molecule has 0 saturated carbocycles. The zero-order valence-electron chi connectivity index (χ0n) is 20.0. The van der Waals surface area contributed by atoms with Gasteiger partial charge in [0.1, 0.15) is 12.6 Å². The summed E-state index contributed by atoms with van der Waals surface area (Å²) in [5, 5.41) is 8.23. The van der Waals surface area contributed by atoms with Crippen LogP contribution in [-0.2, 0) is 30.2 Å². The Hall–Kier alpha value is -2.91. The van der Waals surface area contributed by atoms with Gasteiger partial charge in [-0.3, -0.25) is 9.59 Å². The molecule has 0 spiro atoms. The number of hydrogen-bond donors (Lipinski definition) is 3. The van der Waals surface area contributed by atoms with Crippen LogP contribution in [-0.4, -0.2) is 70.6 Å². The van der Waals surface area contributed by atoms with E-state index in [0.29, 0.717) is 26.0 Å². The molecule has 3 amide bonds. The topological polar surface area (TPSA) is 115 Å². The van der Waals surface area contributed by atoms with Gasteiger partial charge in [-0.2, -0.15) is 0 Å². The summed E-state index contributed by atoms with van der Waals surface area (Å²) in [7, 11) is 3.04. The van der Waals surface area contributed by atoms with Crippen molar-refractivity contribution < 1.29 is 28.6 Å². The van der Waals surface area contributed by atoms with E-state index in [9.17, 15) is 14.4 Å². The van der Waals surface area contributed by atoms with Crippen molar-refractivity contribution in [2.45, 2.75) is 38.8 Å². The molecule has 0 aliphatic carbocycles. The molecule has 0 aliphatic rings. The number of carbonyl (C=O) groups excluding carboxylic acids is 3. The number of rotatable bonds is 15. The maximum Gasteiger partial charge on any atom is 0.407 e. The van der Waals surface area contributed by atoms with Crippen molar-refractivity contribution in [3.05, 3.63) is 48.0 Å². The summed E-state index contributed by atoms with van der Waals surface area (Å²) in [6.45, 7) is 8.83. The van der Waals surface area contributed by atoms with E-state index < -0.39 is 24.1 Å². The Bertz CT molecular complexity index is 754. The molecule has 0 aromatic heterocycles. The van der Waals surface area contributed by atoms with Crippen LogP contribution < -0.4 is 16.0 Å². The molecule has 1 aromatic rings. The number of methoxy groups -OCH3 is 2. The van der Waals surface area contributed by atoms with Crippen molar-refractivity contribution in [3.63, 3.8) is 0 Å². The third-order valence-electron chi connectivity index (χ3n) is 4.74. The molecule has 0 saturated heterocycles. The second kappa shape index (κ2) is 15.8. The van der Waals surface area contributed by atoms with Crippen molar-refractivity contribution in [1.29, 1.82) is 0 Å². The number of amides is 3. The fourth-order valence-electron chi connectivity index (χ4n) is 3.03. The highest BCUT2D eigenvalue weighted by Crippen LogP contribution is 2.12. The molecule has 0 heterocycles. The van der Waals surface area contributed by atoms with E-state index >= 15 is 0 Å². The van der Waals surface area contributed by atoms with Gasteiger partial charge >= 0.3 is 6.09 Å². The van der Waals surface area contributed by atoms with Gasteiger partial charge < -0.3 is 30.2 Å². The number of ether oxygens (including phenoxy) is 3. The minimum absolute atomic E-state index is 0.0768. The molecule has 0 unspecified atom stereocenters. The minimum Gasteiger partial charge on any atom is -0.447 e. The Kier molecular flexibility index (Phi) is 13.5. The SMILES string of the molecule is C=C(C(=O)NCCOC)[C@H](Cc1ccccc1)NC(=O)[C@H](CC(C)C)NC(=O)OCCOC. The number of alkyl carbamates (subject to hydrolysis) is 1. The van der Waals surface area contributed by atoms with Crippen LogP contribution in [0.15, 0.2) is 42.5 Å². The lowest BCUT2D eigenvalue weighted by Crippen LogP contribution is -2.52. The first-order valence-corrected chi connectivity index (χ1v) is 11.0. The van der Waals surface area contributed by atoms with Gasteiger partial charge in [-0.25, -0.2) is 4.79 Å². The Labute approximate surface area is 196 Å². The standard InChI is InChI=1S/C24H37N3O6/c1-17(2)15-21(27-24(30)33-14-13-32-5)23(29)26-20(16-19-9-7-6-8-10-19)18(3)22(28)25-11-12-31-4/h6-10,17,20-21H,3,11-16H2,1-2,4-5H3,(H,25,28)(H,26,29)(H,27,30)/t20-,21-/m0/s1. The van der Waals surface area contributed by atoms with Gasteiger partial charge in [-0.1, -0.05) is 50.8 Å². The maximum absolute atomic E-state index is 13.1. The number of benzene rings is 1. The summed E-state index contributed by atoms with van der Waals surface area (Å²) >= 11 is 0. The summed E-state index contributed by atoms with van der Waals surface area (Å²) in [5.74, 6) is -0.659. The molecule has 2 atom stereocenters. The molecular weight excluding hydrogens is 426 g/mol. The number of carbonyl (C=O) groups is 3. The highest BCUT2D eigenvalue weighted by atomic mass is 16.6. The zero-order valence-corrected chi connectivity index (χ0v) is 20.0. The third kappa shape index (κ3) is 11.5. The molecule has 0 fully saturated rings. The third-order valence-corrected chi connectivity index (χ3v) is 4.74. The van der Waals surface area contributed by atoms with E-state index in [-0.39, 0.29) is 30.6 Å². The van der Waals surface area contributed by atoms with Crippen molar-refractivity contribution in [3.8, 4) is 0 Å².